The number of amides is 2. The van der Waals surface area contributed by atoms with Crippen LogP contribution in [0.2, 0.25) is 0 Å². The van der Waals surface area contributed by atoms with Crippen molar-refractivity contribution in [1.29, 1.82) is 0 Å². The Balaban J connectivity index is 1.17. The van der Waals surface area contributed by atoms with E-state index in [1.165, 1.54) is 15.7 Å². The zero-order chi connectivity index (χ0) is 29.1. The molecule has 0 saturated carbocycles. The van der Waals surface area contributed by atoms with Crippen molar-refractivity contribution in [2.45, 2.75) is 44.9 Å². The Hall–Kier alpha value is -4.54. The first-order valence-electron chi connectivity index (χ1n) is 13.3. The van der Waals surface area contributed by atoms with E-state index in [9.17, 15) is 22.8 Å². The summed E-state index contributed by atoms with van der Waals surface area (Å²) in [5.41, 5.74) is -0.269. The maximum atomic E-state index is 13.6. The molecule has 3 heterocycles. The fourth-order valence-corrected chi connectivity index (χ4v) is 4.78. The van der Waals surface area contributed by atoms with E-state index in [1.807, 2.05) is 30.3 Å². The lowest BCUT2D eigenvalue weighted by Gasteiger charge is -2.32. The highest BCUT2D eigenvalue weighted by Crippen LogP contribution is 2.35. The van der Waals surface area contributed by atoms with E-state index in [2.05, 4.69) is 10.4 Å². The second kappa shape index (κ2) is 11.5. The number of carbonyl (C=O) groups is 2. The molecule has 11 heteroatoms. The molecule has 0 atom stereocenters. The molecule has 0 bridgehead atoms. The quantitative estimate of drug-likeness (QED) is 0.267. The Morgan fingerprint density at radius 3 is 2.24 bits per heavy atom. The summed E-state index contributed by atoms with van der Waals surface area (Å²) in [6.07, 6.45) is 1.98. The first kappa shape index (κ1) is 28.0. The van der Waals surface area contributed by atoms with Gasteiger partial charge in [0.15, 0.2) is 0 Å². The van der Waals surface area contributed by atoms with E-state index < -0.39 is 17.6 Å². The number of likely N-dealkylation sites (tertiary alicyclic amines) is 1. The smallest absolute Gasteiger partial charge is 0.418 e. The molecule has 1 fully saturated rings. The summed E-state index contributed by atoms with van der Waals surface area (Å²) in [5.74, 6) is 0.384. The number of nitrogens with zero attached hydrogens (tertiary/aromatic N) is 4. The number of anilines is 1. The first-order chi connectivity index (χ1) is 19.6. The number of alkyl halides is 3. The average molecular weight is 566 g/mol. The number of halogens is 3. The molecule has 0 radical (unpaired) electrons. The van der Waals surface area contributed by atoms with Crippen LogP contribution in [0.5, 0.6) is 11.5 Å². The van der Waals surface area contributed by atoms with Gasteiger partial charge in [-0.05, 0) is 63.1 Å². The Morgan fingerprint density at radius 2 is 1.61 bits per heavy atom. The summed E-state index contributed by atoms with van der Waals surface area (Å²) in [7, 11) is 0. The maximum Gasteiger partial charge on any atom is 0.418 e. The van der Waals surface area contributed by atoms with Crippen molar-refractivity contribution in [2.24, 2.45) is 0 Å². The van der Waals surface area contributed by atoms with Crippen LogP contribution in [-0.2, 0) is 6.18 Å². The van der Waals surface area contributed by atoms with E-state index in [4.69, 9.17) is 4.74 Å². The molecule has 41 heavy (non-hydrogen) atoms. The van der Waals surface area contributed by atoms with Crippen LogP contribution in [0.25, 0.3) is 0 Å². The van der Waals surface area contributed by atoms with Crippen LogP contribution in [0.1, 0.15) is 65.1 Å². The molecule has 2 amide bonds. The highest BCUT2D eigenvalue weighted by Gasteiger charge is 2.39. The molecule has 1 saturated heterocycles. The Labute approximate surface area is 235 Å². The van der Waals surface area contributed by atoms with Crippen molar-refractivity contribution >= 4 is 17.5 Å². The van der Waals surface area contributed by atoms with Crippen LogP contribution in [0.15, 0.2) is 79.4 Å². The van der Waals surface area contributed by atoms with Gasteiger partial charge in [-0.25, -0.2) is 0 Å². The molecule has 1 aliphatic heterocycles. The minimum Gasteiger partial charge on any atom is -0.457 e. The first-order valence-corrected chi connectivity index (χ1v) is 13.3. The number of rotatable bonds is 7. The van der Waals surface area contributed by atoms with Crippen molar-refractivity contribution in [2.75, 3.05) is 18.4 Å². The Kier molecular flexibility index (Phi) is 7.87. The average Bonchev–Trinajstić information content (AvgIpc) is 3.62. The van der Waals surface area contributed by atoms with Crippen LogP contribution in [-0.4, -0.2) is 44.2 Å². The number of hydrogen-bond acceptors (Lipinski definition) is 4. The molecule has 1 aliphatic rings. The lowest BCUT2D eigenvalue weighted by atomic mass is 10.0. The van der Waals surface area contributed by atoms with Gasteiger partial charge in [-0.1, -0.05) is 18.2 Å². The monoisotopic (exact) mass is 565 g/mol. The number of ether oxygens (including phenoxy) is 1. The van der Waals surface area contributed by atoms with Gasteiger partial charge in [-0.15, -0.1) is 0 Å². The molecular weight excluding hydrogens is 535 g/mol. The third-order valence-corrected chi connectivity index (χ3v) is 7.06. The number of carbonyl (C=O) groups excluding carboxylic acids is 2. The molecule has 0 spiro atoms. The van der Waals surface area contributed by atoms with Gasteiger partial charge in [0.1, 0.15) is 11.5 Å². The predicted octanol–water partition coefficient (Wildman–Crippen LogP) is 6.81. The van der Waals surface area contributed by atoms with E-state index in [-0.39, 0.29) is 23.6 Å². The highest BCUT2D eigenvalue weighted by molar-refractivity contribution is 6.04. The Bertz CT molecular complexity index is 1500. The zero-order valence-electron chi connectivity index (χ0n) is 22.6. The largest absolute Gasteiger partial charge is 0.457 e. The van der Waals surface area contributed by atoms with E-state index >= 15 is 0 Å². The van der Waals surface area contributed by atoms with Gasteiger partial charge in [0.2, 0.25) is 0 Å². The maximum absolute atomic E-state index is 13.6. The zero-order valence-corrected chi connectivity index (χ0v) is 22.6. The SMILES string of the molecule is CC(C)n1cc(C(=O)N2CCC(n3cc(NC(=O)c4ccc(Oc5ccccc5)cc4)cn3)CC2)c(C(F)(F)F)c1. The summed E-state index contributed by atoms with van der Waals surface area (Å²) in [6, 6.07) is 15.9. The fraction of sp³-hybridized carbons (Fsp3) is 0.300. The van der Waals surface area contributed by atoms with Crippen LogP contribution >= 0.6 is 0 Å². The molecule has 1 N–H and O–H groups in total. The standard InChI is InChI=1S/C30H30F3N5O3/c1-20(2)37-18-26(27(19-37)30(31,32)33)29(40)36-14-12-23(13-15-36)38-17-22(16-34-38)35-28(39)21-8-10-25(11-9-21)41-24-6-4-3-5-7-24/h3-11,16-20,23H,12-15H2,1-2H3,(H,35,39). The third kappa shape index (κ3) is 6.45. The van der Waals surface area contributed by atoms with Gasteiger partial charge in [0.25, 0.3) is 11.8 Å². The van der Waals surface area contributed by atoms with Crippen LogP contribution < -0.4 is 10.1 Å². The molecular formula is C30H30F3N5O3. The minimum absolute atomic E-state index is 0.0542. The van der Waals surface area contributed by atoms with Gasteiger partial charge in [0.05, 0.1) is 29.1 Å². The van der Waals surface area contributed by atoms with Crippen LogP contribution in [0.3, 0.4) is 0 Å². The van der Waals surface area contributed by atoms with Crippen molar-refractivity contribution < 1.29 is 27.5 Å². The van der Waals surface area contributed by atoms with Crippen LogP contribution in [0.4, 0.5) is 18.9 Å². The number of nitrogens with one attached hydrogen (secondary N) is 1. The van der Waals surface area contributed by atoms with Gasteiger partial charge < -0.3 is 19.5 Å². The van der Waals surface area contributed by atoms with Crippen molar-refractivity contribution in [3.8, 4) is 11.5 Å². The second-order valence-electron chi connectivity index (χ2n) is 10.3. The highest BCUT2D eigenvalue weighted by atomic mass is 19.4. The molecule has 5 rings (SSSR count). The number of para-hydroxylation sites is 1. The van der Waals surface area contributed by atoms with E-state index in [0.717, 1.165) is 6.20 Å². The number of hydrogen-bond donors (Lipinski definition) is 1. The summed E-state index contributed by atoms with van der Waals surface area (Å²) in [4.78, 5) is 27.3. The number of benzene rings is 2. The van der Waals surface area contributed by atoms with Gasteiger partial charge in [0, 0.05) is 43.3 Å². The van der Waals surface area contributed by atoms with Crippen molar-refractivity contribution in [3.63, 3.8) is 0 Å². The lowest BCUT2D eigenvalue weighted by Crippen LogP contribution is -2.39. The van der Waals surface area contributed by atoms with Crippen molar-refractivity contribution in [1.82, 2.24) is 19.2 Å². The van der Waals surface area contributed by atoms with Crippen molar-refractivity contribution in [3.05, 3.63) is 96.1 Å². The number of aromatic nitrogens is 3. The summed E-state index contributed by atoms with van der Waals surface area (Å²) in [6.45, 7) is 4.12. The lowest BCUT2D eigenvalue weighted by molar-refractivity contribution is -0.138. The molecule has 8 nitrogen and oxygen atoms in total. The Morgan fingerprint density at radius 1 is 0.951 bits per heavy atom. The minimum atomic E-state index is -4.61. The van der Waals surface area contributed by atoms with E-state index in [0.29, 0.717) is 48.7 Å². The second-order valence-corrected chi connectivity index (χ2v) is 10.3. The number of piperidine rings is 1. The van der Waals surface area contributed by atoms with Gasteiger partial charge in [-0.3, -0.25) is 14.3 Å². The predicted molar refractivity (Wildman–Crippen MR) is 147 cm³/mol. The normalized spacial score (nSPS) is 14.3. The molecule has 214 valence electrons. The molecule has 2 aromatic carbocycles. The van der Waals surface area contributed by atoms with Gasteiger partial charge >= 0.3 is 6.18 Å². The molecule has 4 aromatic rings. The van der Waals surface area contributed by atoms with Gasteiger partial charge in [-0.2, -0.15) is 18.3 Å². The summed E-state index contributed by atoms with van der Waals surface area (Å²) < 4.78 is 49.7. The fourth-order valence-electron chi connectivity index (χ4n) is 4.78. The summed E-state index contributed by atoms with van der Waals surface area (Å²) in [5, 5.41) is 7.20. The van der Waals surface area contributed by atoms with Crippen LogP contribution in [0, 0.1) is 0 Å². The van der Waals surface area contributed by atoms with E-state index in [1.54, 1.807) is 55.2 Å². The molecule has 0 unspecified atom stereocenters. The molecule has 0 aliphatic carbocycles. The topological polar surface area (TPSA) is 81.4 Å². The molecule has 2 aromatic heterocycles. The third-order valence-electron chi connectivity index (χ3n) is 7.06. The summed E-state index contributed by atoms with van der Waals surface area (Å²) >= 11 is 0.